The molecule has 2 aromatic carbocycles. The highest BCUT2D eigenvalue weighted by Gasteiger charge is 2.63. The fourth-order valence-electron chi connectivity index (χ4n) is 4.97. The van der Waals surface area contributed by atoms with Gasteiger partial charge >= 0.3 is 0 Å². The summed E-state index contributed by atoms with van der Waals surface area (Å²) in [5.74, 6) is -0.0418. The van der Waals surface area contributed by atoms with Crippen molar-refractivity contribution in [3.63, 3.8) is 0 Å². The molecule has 5 nitrogen and oxygen atoms in total. The lowest BCUT2D eigenvalue weighted by molar-refractivity contribution is -0.904. The van der Waals surface area contributed by atoms with Gasteiger partial charge in [0.1, 0.15) is 17.3 Å². The van der Waals surface area contributed by atoms with Crippen molar-refractivity contribution in [3.05, 3.63) is 65.0 Å². The molecule has 0 aliphatic carbocycles. The molecule has 0 bridgehead atoms. The van der Waals surface area contributed by atoms with Gasteiger partial charge in [-0.15, -0.1) is 0 Å². The molecule has 0 saturated carbocycles. The third kappa shape index (κ3) is 3.76. The van der Waals surface area contributed by atoms with E-state index in [1.165, 1.54) is 17.7 Å². The topological polar surface area (TPSA) is 70.9 Å². The van der Waals surface area contributed by atoms with Gasteiger partial charge in [-0.3, -0.25) is 4.90 Å². The summed E-state index contributed by atoms with van der Waals surface area (Å²) < 4.78 is 54.5. The molecule has 1 spiro atoms. The Morgan fingerprint density at radius 3 is 2.50 bits per heavy atom. The molecule has 0 saturated heterocycles. The minimum Gasteiger partial charge on any atom is -0.748 e. The van der Waals surface area contributed by atoms with Crippen LogP contribution in [0.1, 0.15) is 57.7 Å². The Balaban J connectivity index is 1.79. The monoisotopic (exact) mass is 459 g/mol. The molecule has 2 atom stereocenters. The van der Waals surface area contributed by atoms with Gasteiger partial charge in [-0.05, 0) is 55.2 Å². The van der Waals surface area contributed by atoms with E-state index in [0.29, 0.717) is 6.54 Å². The van der Waals surface area contributed by atoms with Gasteiger partial charge in [-0.1, -0.05) is 26.8 Å². The van der Waals surface area contributed by atoms with E-state index in [9.17, 15) is 17.4 Å². The number of nitrogens with one attached hydrogen (secondary N) is 1. The van der Waals surface area contributed by atoms with Crippen LogP contribution in [0.3, 0.4) is 0 Å². The second-order valence-corrected chi connectivity index (χ2v) is 11.9. The van der Waals surface area contributed by atoms with Crippen LogP contribution in [0.5, 0.6) is 5.75 Å². The molecule has 172 valence electrons. The summed E-state index contributed by atoms with van der Waals surface area (Å²) >= 11 is 0. The van der Waals surface area contributed by atoms with Crippen molar-refractivity contribution < 1.29 is 27.0 Å². The number of halogens is 1. The number of benzene rings is 2. The number of fused-ring (bicyclic) bond motifs is 2. The van der Waals surface area contributed by atoms with Crippen LogP contribution >= 0.6 is 0 Å². The second kappa shape index (κ2) is 7.40. The standard InChI is InChI=1S/C25H30FNO4S/c1-23(2,3)18-7-10-22-17(15-18)11-12-25(31-22)24(4,5)20-16-19(26)8-9-21(20)27(25)13-6-14-32(28,29)30/h7-12,15-16H,6,13-14H2,1-5H3,(H,28,29,30). The van der Waals surface area contributed by atoms with Crippen molar-refractivity contribution in [2.75, 3.05) is 12.3 Å². The zero-order chi connectivity index (χ0) is 23.5. The molecule has 2 aromatic rings. The smallest absolute Gasteiger partial charge is 0.275 e. The Morgan fingerprint density at radius 2 is 1.84 bits per heavy atom. The molecule has 0 amide bonds. The lowest BCUT2D eigenvalue weighted by Gasteiger charge is -2.43. The molecule has 0 aromatic heterocycles. The Hall–Kier alpha value is -2.22. The minimum atomic E-state index is -4.32. The van der Waals surface area contributed by atoms with Crippen LogP contribution in [-0.4, -0.2) is 31.0 Å². The number of hydrogen-bond donors (Lipinski definition) is 1. The van der Waals surface area contributed by atoms with Gasteiger partial charge in [0.2, 0.25) is 0 Å². The highest BCUT2D eigenvalue weighted by atomic mass is 32.2. The van der Waals surface area contributed by atoms with Crippen molar-refractivity contribution in [2.24, 2.45) is 0 Å². The molecule has 2 unspecified atom stereocenters. The molecule has 2 aliphatic rings. The average molecular weight is 460 g/mol. The van der Waals surface area contributed by atoms with E-state index in [2.05, 4.69) is 32.9 Å². The maximum atomic E-state index is 14.2. The van der Waals surface area contributed by atoms with E-state index in [0.717, 1.165) is 27.5 Å². The largest absolute Gasteiger partial charge is 0.748 e. The molecular weight excluding hydrogens is 429 g/mol. The Kier molecular flexibility index (Phi) is 5.31. The van der Waals surface area contributed by atoms with Crippen molar-refractivity contribution >= 4 is 21.9 Å². The number of rotatable bonds is 4. The first-order valence-corrected chi connectivity index (χ1v) is 12.5. The molecule has 7 heteroatoms. The van der Waals surface area contributed by atoms with Crippen molar-refractivity contribution in [3.8, 4) is 5.75 Å². The van der Waals surface area contributed by atoms with Gasteiger partial charge in [0.05, 0.1) is 22.1 Å². The van der Waals surface area contributed by atoms with Gasteiger partial charge in [-0.25, -0.2) is 12.8 Å². The van der Waals surface area contributed by atoms with Gasteiger partial charge in [0, 0.05) is 35.4 Å². The Bertz CT molecular complexity index is 1200. The summed E-state index contributed by atoms with van der Waals surface area (Å²) in [6.07, 6.45) is 4.24. The predicted molar refractivity (Wildman–Crippen MR) is 122 cm³/mol. The summed E-state index contributed by atoms with van der Waals surface area (Å²) in [7, 11) is -4.32. The number of ether oxygens (including phenoxy) is 1. The SMILES string of the molecule is CC(C)(C)c1ccc2c(c1)C=CC1(O2)[NH+](CCCS(=O)(=O)[O-])c2ccc(F)cc2C1(C)C. The zero-order valence-electron chi connectivity index (χ0n) is 19.2. The normalized spacial score (nSPS) is 23.7. The van der Waals surface area contributed by atoms with Crippen molar-refractivity contribution in [2.45, 2.75) is 57.6 Å². The van der Waals surface area contributed by atoms with E-state index in [-0.39, 0.29) is 17.7 Å². The van der Waals surface area contributed by atoms with Gasteiger partial charge < -0.3 is 9.29 Å². The molecule has 4 rings (SSSR count). The van der Waals surface area contributed by atoms with Crippen LogP contribution in [-0.2, 0) is 20.9 Å². The minimum absolute atomic E-state index is 0.000493. The molecule has 0 radical (unpaired) electrons. The molecule has 2 aliphatic heterocycles. The van der Waals surface area contributed by atoms with Crippen LogP contribution in [0.4, 0.5) is 10.1 Å². The summed E-state index contributed by atoms with van der Waals surface area (Å²) in [5.41, 5.74) is 2.35. The second-order valence-electron chi connectivity index (χ2n) is 10.3. The van der Waals surface area contributed by atoms with Crippen LogP contribution in [0.15, 0.2) is 42.5 Å². The fourth-order valence-corrected chi connectivity index (χ4v) is 5.47. The summed E-state index contributed by atoms with van der Waals surface area (Å²) in [5, 5.41) is 0. The third-order valence-electron chi connectivity index (χ3n) is 6.82. The quantitative estimate of drug-likeness (QED) is 0.709. The first-order chi connectivity index (χ1) is 14.7. The molecule has 0 fully saturated rings. The first-order valence-electron chi connectivity index (χ1n) is 10.9. The van der Waals surface area contributed by atoms with Crippen LogP contribution in [0.2, 0.25) is 0 Å². The van der Waals surface area contributed by atoms with Gasteiger partial charge in [0.15, 0.2) is 0 Å². The van der Waals surface area contributed by atoms with E-state index in [4.69, 9.17) is 4.74 Å². The summed E-state index contributed by atoms with van der Waals surface area (Å²) in [6, 6.07) is 10.8. The summed E-state index contributed by atoms with van der Waals surface area (Å²) in [6.45, 7) is 10.9. The fraction of sp³-hybridized carbons (Fsp3) is 0.440. The van der Waals surface area contributed by atoms with Crippen LogP contribution in [0.25, 0.3) is 6.08 Å². The van der Waals surface area contributed by atoms with Crippen LogP contribution in [0, 0.1) is 5.82 Å². The van der Waals surface area contributed by atoms with Crippen LogP contribution < -0.4 is 9.64 Å². The Morgan fingerprint density at radius 1 is 1.12 bits per heavy atom. The highest BCUT2D eigenvalue weighted by molar-refractivity contribution is 7.85. The van der Waals surface area contributed by atoms with Gasteiger partial charge in [0.25, 0.3) is 5.72 Å². The highest BCUT2D eigenvalue weighted by Crippen LogP contribution is 2.47. The predicted octanol–water partition coefficient (Wildman–Crippen LogP) is 3.67. The van der Waals surface area contributed by atoms with Gasteiger partial charge in [-0.2, -0.15) is 0 Å². The van der Waals surface area contributed by atoms with E-state index >= 15 is 0 Å². The average Bonchev–Trinajstić information content (AvgIpc) is 2.84. The molecule has 2 heterocycles. The number of quaternary nitrogens is 1. The number of hydrogen-bond acceptors (Lipinski definition) is 4. The zero-order valence-corrected chi connectivity index (χ0v) is 20.0. The van der Waals surface area contributed by atoms with Crippen molar-refractivity contribution in [1.29, 1.82) is 0 Å². The molecule has 1 N–H and O–H groups in total. The molecule has 32 heavy (non-hydrogen) atoms. The van der Waals surface area contributed by atoms with E-state index in [1.807, 2.05) is 32.1 Å². The van der Waals surface area contributed by atoms with E-state index < -0.39 is 27.0 Å². The van der Waals surface area contributed by atoms with Crippen molar-refractivity contribution in [1.82, 2.24) is 0 Å². The van der Waals surface area contributed by atoms with E-state index in [1.54, 1.807) is 6.07 Å². The maximum Gasteiger partial charge on any atom is 0.275 e. The molecular formula is C25H30FNO4S. The first kappa shape index (κ1) is 23.0. The maximum absolute atomic E-state index is 14.2. The lowest BCUT2D eigenvalue weighted by Crippen LogP contribution is -3.17. The Labute approximate surface area is 189 Å². The lowest BCUT2D eigenvalue weighted by atomic mass is 9.76. The summed E-state index contributed by atoms with van der Waals surface area (Å²) in [4.78, 5) is 0.878. The third-order valence-corrected chi connectivity index (χ3v) is 7.61.